The van der Waals surface area contributed by atoms with E-state index in [4.69, 9.17) is 0 Å². The van der Waals surface area contributed by atoms with Crippen molar-refractivity contribution in [3.8, 4) is 0 Å². The smallest absolute Gasteiger partial charge is 0.283 e. The maximum absolute atomic E-state index is 12.2. The first kappa shape index (κ1) is 15.4. The summed E-state index contributed by atoms with van der Waals surface area (Å²) in [6.07, 6.45) is 0. The molecule has 8 heteroatoms. The standard InChI is InChI=1S/C15H13N3O3S2/c1-10-6-2-5-9-13(10)23(20,21)18-14(19)17-15-16-11-7-3-4-8-12(11)22-15/h2-9H,1H3,(H2,16,17,18,19). The minimum absolute atomic E-state index is 0.0689. The van der Waals surface area contributed by atoms with Gasteiger partial charge in [-0.15, -0.1) is 0 Å². The molecule has 0 unspecified atom stereocenters. The second kappa shape index (κ2) is 5.98. The fraction of sp³-hybridized carbons (Fsp3) is 0.0667. The number of sulfonamides is 1. The van der Waals surface area contributed by atoms with Crippen LogP contribution >= 0.6 is 11.3 Å². The van der Waals surface area contributed by atoms with Crippen LogP contribution in [0.15, 0.2) is 53.4 Å². The van der Waals surface area contributed by atoms with Gasteiger partial charge in [-0.1, -0.05) is 41.7 Å². The Hall–Kier alpha value is -2.45. The van der Waals surface area contributed by atoms with Crippen LogP contribution in [0.1, 0.15) is 5.56 Å². The number of anilines is 1. The van der Waals surface area contributed by atoms with E-state index < -0.39 is 16.1 Å². The number of benzene rings is 2. The molecular weight excluding hydrogens is 334 g/mol. The molecule has 0 aliphatic heterocycles. The topological polar surface area (TPSA) is 88.2 Å². The molecular formula is C15H13N3O3S2. The van der Waals surface area contributed by atoms with Crippen molar-refractivity contribution < 1.29 is 13.2 Å². The number of aryl methyl sites for hydroxylation is 1. The second-order valence-electron chi connectivity index (χ2n) is 4.81. The van der Waals surface area contributed by atoms with E-state index >= 15 is 0 Å². The lowest BCUT2D eigenvalue weighted by Gasteiger charge is -2.08. The molecule has 2 N–H and O–H groups in total. The van der Waals surface area contributed by atoms with E-state index in [1.54, 1.807) is 25.1 Å². The number of amides is 2. The number of urea groups is 1. The van der Waals surface area contributed by atoms with Gasteiger partial charge in [-0.2, -0.15) is 0 Å². The van der Waals surface area contributed by atoms with E-state index in [1.807, 2.05) is 29.0 Å². The Bertz CT molecular complexity index is 947. The number of carbonyl (C=O) groups excluding carboxylic acids is 1. The average molecular weight is 347 g/mol. The van der Waals surface area contributed by atoms with E-state index in [1.165, 1.54) is 17.4 Å². The monoisotopic (exact) mass is 347 g/mol. The first-order valence-corrected chi connectivity index (χ1v) is 9.01. The predicted octanol–water partition coefficient (Wildman–Crippen LogP) is 3.12. The number of hydrogen-bond donors (Lipinski definition) is 2. The summed E-state index contributed by atoms with van der Waals surface area (Å²) in [7, 11) is -3.93. The van der Waals surface area contributed by atoms with Gasteiger partial charge in [0.05, 0.1) is 15.1 Å². The summed E-state index contributed by atoms with van der Waals surface area (Å²) in [6.45, 7) is 1.67. The molecule has 2 amide bonds. The fourth-order valence-corrected chi connectivity index (χ4v) is 4.10. The number of hydrogen-bond acceptors (Lipinski definition) is 5. The minimum atomic E-state index is -3.93. The van der Waals surface area contributed by atoms with Crippen LogP contribution in [0.4, 0.5) is 9.93 Å². The third-order valence-corrected chi connectivity index (χ3v) is 5.57. The first-order chi connectivity index (χ1) is 11.0. The van der Waals surface area contributed by atoms with Gasteiger partial charge in [-0.05, 0) is 30.7 Å². The largest absolute Gasteiger partial charge is 0.334 e. The number of carbonyl (C=O) groups is 1. The molecule has 118 valence electrons. The molecule has 2 aromatic carbocycles. The Morgan fingerprint density at radius 2 is 1.78 bits per heavy atom. The van der Waals surface area contributed by atoms with Crippen molar-refractivity contribution in [2.75, 3.05) is 5.32 Å². The molecule has 3 aromatic rings. The van der Waals surface area contributed by atoms with Crippen LogP contribution in [0.2, 0.25) is 0 Å². The van der Waals surface area contributed by atoms with Crippen molar-refractivity contribution in [2.45, 2.75) is 11.8 Å². The number of nitrogens with zero attached hydrogens (tertiary/aromatic N) is 1. The van der Waals surface area contributed by atoms with Crippen LogP contribution in [0.25, 0.3) is 10.2 Å². The van der Waals surface area contributed by atoms with Crippen LogP contribution in [-0.2, 0) is 10.0 Å². The highest BCUT2D eigenvalue weighted by molar-refractivity contribution is 7.90. The molecule has 0 fully saturated rings. The molecule has 6 nitrogen and oxygen atoms in total. The molecule has 0 bridgehead atoms. The highest BCUT2D eigenvalue weighted by atomic mass is 32.2. The highest BCUT2D eigenvalue weighted by Crippen LogP contribution is 2.25. The Labute approximate surface area is 137 Å². The maximum Gasteiger partial charge on any atom is 0.334 e. The molecule has 0 radical (unpaired) electrons. The van der Waals surface area contributed by atoms with Gasteiger partial charge in [-0.25, -0.2) is 22.9 Å². The van der Waals surface area contributed by atoms with Crippen molar-refractivity contribution in [3.63, 3.8) is 0 Å². The van der Waals surface area contributed by atoms with Gasteiger partial charge in [0.1, 0.15) is 0 Å². The lowest BCUT2D eigenvalue weighted by atomic mass is 10.2. The van der Waals surface area contributed by atoms with E-state index in [-0.39, 0.29) is 4.90 Å². The van der Waals surface area contributed by atoms with Gasteiger partial charge in [0.2, 0.25) is 0 Å². The van der Waals surface area contributed by atoms with Crippen molar-refractivity contribution in [1.82, 2.24) is 9.71 Å². The van der Waals surface area contributed by atoms with Crippen molar-refractivity contribution >= 4 is 42.7 Å². The van der Waals surface area contributed by atoms with Crippen LogP contribution < -0.4 is 10.0 Å². The Balaban J connectivity index is 1.77. The minimum Gasteiger partial charge on any atom is -0.283 e. The zero-order valence-corrected chi connectivity index (χ0v) is 13.7. The van der Waals surface area contributed by atoms with Gasteiger partial charge >= 0.3 is 6.03 Å². The zero-order chi connectivity index (χ0) is 16.4. The summed E-state index contributed by atoms with van der Waals surface area (Å²) < 4.78 is 27.4. The van der Waals surface area contributed by atoms with Gasteiger partial charge in [0.25, 0.3) is 10.0 Å². The molecule has 0 saturated carbocycles. The molecule has 0 aliphatic carbocycles. The predicted molar refractivity (Wildman–Crippen MR) is 90.1 cm³/mol. The highest BCUT2D eigenvalue weighted by Gasteiger charge is 2.20. The zero-order valence-electron chi connectivity index (χ0n) is 12.1. The number of thiazole rings is 1. The number of nitrogens with one attached hydrogen (secondary N) is 2. The molecule has 23 heavy (non-hydrogen) atoms. The van der Waals surface area contributed by atoms with Crippen LogP contribution in [0, 0.1) is 6.92 Å². The lowest BCUT2D eigenvalue weighted by molar-refractivity contribution is 0.256. The summed E-state index contributed by atoms with van der Waals surface area (Å²) in [5.41, 5.74) is 1.31. The molecule has 0 saturated heterocycles. The molecule has 0 atom stereocenters. The number of rotatable bonds is 3. The summed E-state index contributed by atoms with van der Waals surface area (Å²) in [6, 6.07) is 13.0. The maximum atomic E-state index is 12.2. The van der Waals surface area contributed by atoms with E-state index in [0.29, 0.717) is 10.7 Å². The lowest BCUT2D eigenvalue weighted by Crippen LogP contribution is -2.34. The Morgan fingerprint density at radius 3 is 2.52 bits per heavy atom. The number of para-hydroxylation sites is 1. The van der Waals surface area contributed by atoms with E-state index in [2.05, 4.69) is 10.3 Å². The third-order valence-electron chi connectivity index (χ3n) is 3.12. The van der Waals surface area contributed by atoms with Crippen LogP contribution in [0.5, 0.6) is 0 Å². The summed E-state index contributed by atoms with van der Waals surface area (Å²) in [5.74, 6) is 0. The van der Waals surface area contributed by atoms with Gasteiger partial charge in [-0.3, -0.25) is 5.32 Å². The SMILES string of the molecule is Cc1ccccc1S(=O)(=O)NC(=O)Nc1nc2ccccc2s1. The van der Waals surface area contributed by atoms with Crippen molar-refractivity contribution in [2.24, 2.45) is 0 Å². The molecule has 0 spiro atoms. The average Bonchev–Trinajstić information content (AvgIpc) is 2.88. The van der Waals surface area contributed by atoms with Gasteiger partial charge in [0.15, 0.2) is 5.13 Å². The molecule has 3 rings (SSSR count). The van der Waals surface area contributed by atoms with Crippen LogP contribution in [-0.4, -0.2) is 19.4 Å². The second-order valence-corrected chi connectivity index (χ2v) is 7.49. The molecule has 0 aliphatic rings. The Morgan fingerprint density at radius 1 is 1.09 bits per heavy atom. The number of fused-ring (bicyclic) bond motifs is 1. The van der Waals surface area contributed by atoms with Gasteiger partial charge < -0.3 is 0 Å². The summed E-state index contributed by atoms with van der Waals surface area (Å²) in [4.78, 5) is 16.2. The van der Waals surface area contributed by atoms with E-state index in [9.17, 15) is 13.2 Å². The molecule has 1 heterocycles. The van der Waals surface area contributed by atoms with Crippen molar-refractivity contribution in [3.05, 3.63) is 54.1 Å². The normalized spacial score (nSPS) is 11.3. The fourth-order valence-electron chi connectivity index (χ4n) is 2.08. The Kier molecular flexibility index (Phi) is 4.01. The quantitative estimate of drug-likeness (QED) is 0.762. The number of aromatic nitrogens is 1. The molecule has 1 aromatic heterocycles. The third kappa shape index (κ3) is 3.33. The van der Waals surface area contributed by atoms with Gasteiger partial charge in [0, 0.05) is 0 Å². The van der Waals surface area contributed by atoms with Crippen molar-refractivity contribution in [1.29, 1.82) is 0 Å². The van der Waals surface area contributed by atoms with Crippen LogP contribution in [0.3, 0.4) is 0 Å². The summed E-state index contributed by atoms with van der Waals surface area (Å²) in [5, 5.41) is 2.79. The summed E-state index contributed by atoms with van der Waals surface area (Å²) >= 11 is 1.27. The first-order valence-electron chi connectivity index (χ1n) is 6.71. The van der Waals surface area contributed by atoms with E-state index in [0.717, 1.165) is 10.2 Å².